The molecular formula is C16H23N. The van der Waals surface area contributed by atoms with Crippen LogP contribution < -0.4 is 5.32 Å². The Balaban J connectivity index is 1.92. The first kappa shape index (κ1) is 11.3. The van der Waals surface area contributed by atoms with Gasteiger partial charge in [-0.05, 0) is 55.7 Å². The molecule has 0 spiro atoms. The van der Waals surface area contributed by atoms with Crippen molar-refractivity contribution in [2.24, 2.45) is 5.92 Å². The quantitative estimate of drug-likeness (QED) is 0.831. The molecular weight excluding hydrogens is 206 g/mol. The van der Waals surface area contributed by atoms with Crippen LogP contribution in [0.1, 0.15) is 50.2 Å². The van der Waals surface area contributed by atoms with E-state index in [4.69, 9.17) is 0 Å². The van der Waals surface area contributed by atoms with Gasteiger partial charge in [-0.2, -0.15) is 0 Å². The van der Waals surface area contributed by atoms with Gasteiger partial charge in [-0.1, -0.05) is 37.6 Å². The Morgan fingerprint density at radius 2 is 2.24 bits per heavy atom. The van der Waals surface area contributed by atoms with Gasteiger partial charge in [0.25, 0.3) is 0 Å². The van der Waals surface area contributed by atoms with Crippen LogP contribution in [0.15, 0.2) is 24.3 Å². The second kappa shape index (κ2) is 4.45. The lowest BCUT2D eigenvalue weighted by molar-refractivity contribution is 0.336. The molecule has 1 saturated carbocycles. The lowest BCUT2D eigenvalue weighted by Gasteiger charge is -2.31. The zero-order valence-corrected chi connectivity index (χ0v) is 10.8. The van der Waals surface area contributed by atoms with Crippen molar-refractivity contribution in [2.45, 2.75) is 51.0 Å². The monoisotopic (exact) mass is 229 g/mol. The molecule has 1 saturated heterocycles. The molecule has 1 heteroatoms. The minimum atomic E-state index is 0.337. The van der Waals surface area contributed by atoms with Crippen molar-refractivity contribution in [1.82, 2.24) is 5.32 Å². The van der Waals surface area contributed by atoms with Crippen LogP contribution in [0.2, 0.25) is 0 Å². The number of hydrogen-bond acceptors (Lipinski definition) is 1. The third kappa shape index (κ3) is 2.01. The summed E-state index contributed by atoms with van der Waals surface area (Å²) in [4.78, 5) is 0. The maximum Gasteiger partial charge on any atom is 0.0463 e. The SMILES string of the molecule is CCCc1cccc(C2(C3CC3)CCCN2)c1. The normalized spacial score (nSPS) is 28.5. The van der Waals surface area contributed by atoms with Gasteiger partial charge in [0, 0.05) is 5.54 Å². The van der Waals surface area contributed by atoms with Gasteiger partial charge in [-0.3, -0.25) is 0 Å². The lowest BCUT2D eigenvalue weighted by atomic mass is 9.82. The van der Waals surface area contributed by atoms with Crippen molar-refractivity contribution in [2.75, 3.05) is 6.54 Å². The number of aryl methyl sites for hydroxylation is 1. The van der Waals surface area contributed by atoms with Gasteiger partial charge < -0.3 is 5.32 Å². The minimum absolute atomic E-state index is 0.337. The summed E-state index contributed by atoms with van der Waals surface area (Å²) in [6, 6.07) is 9.34. The first-order chi connectivity index (χ1) is 8.35. The predicted molar refractivity (Wildman–Crippen MR) is 72.1 cm³/mol. The molecule has 3 rings (SSSR count). The van der Waals surface area contributed by atoms with Crippen LogP contribution in [-0.2, 0) is 12.0 Å². The summed E-state index contributed by atoms with van der Waals surface area (Å²) in [6.45, 7) is 3.46. The van der Waals surface area contributed by atoms with Gasteiger partial charge in [-0.25, -0.2) is 0 Å². The molecule has 1 N–H and O–H groups in total. The molecule has 1 heterocycles. The minimum Gasteiger partial charge on any atom is -0.307 e. The Morgan fingerprint density at radius 3 is 2.88 bits per heavy atom. The van der Waals surface area contributed by atoms with Crippen molar-refractivity contribution in [3.05, 3.63) is 35.4 Å². The van der Waals surface area contributed by atoms with Crippen LogP contribution in [0.25, 0.3) is 0 Å². The summed E-state index contributed by atoms with van der Waals surface area (Å²) in [5.74, 6) is 0.905. The molecule has 2 fully saturated rings. The largest absolute Gasteiger partial charge is 0.307 e. The second-order valence-electron chi connectivity index (χ2n) is 5.73. The van der Waals surface area contributed by atoms with Gasteiger partial charge >= 0.3 is 0 Å². The number of benzene rings is 1. The Bertz CT molecular complexity index is 386. The summed E-state index contributed by atoms with van der Waals surface area (Å²) in [7, 11) is 0. The van der Waals surface area contributed by atoms with E-state index in [-0.39, 0.29) is 0 Å². The van der Waals surface area contributed by atoms with Crippen molar-refractivity contribution < 1.29 is 0 Å². The molecule has 1 unspecified atom stereocenters. The zero-order valence-electron chi connectivity index (χ0n) is 10.8. The number of nitrogens with one attached hydrogen (secondary N) is 1. The maximum absolute atomic E-state index is 3.82. The van der Waals surface area contributed by atoms with Crippen LogP contribution in [-0.4, -0.2) is 6.54 Å². The fourth-order valence-corrected chi connectivity index (χ4v) is 3.47. The molecule has 1 atom stereocenters. The van der Waals surface area contributed by atoms with Crippen LogP contribution in [0, 0.1) is 5.92 Å². The highest BCUT2D eigenvalue weighted by molar-refractivity contribution is 5.33. The molecule has 0 bridgehead atoms. The molecule has 1 aliphatic heterocycles. The van der Waals surface area contributed by atoms with Gasteiger partial charge in [-0.15, -0.1) is 0 Å². The smallest absolute Gasteiger partial charge is 0.0463 e. The molecule has 0 amide bonds. The van der Waals surface area contributed by atoms with Crippen LogP contribution >= 0.6 is 0 Å². The molecule has 17 heavy (non-hydrogen) atoms. The van der Waals surface area contributed by atoms with E-state index in [0.717, 1.165) is 5.92 Å². The average Bonchev–Trinajstić information content (AvgIpc) is 3.09. The lowest BCUT2D eigenvalue weighted by Crippen LogP contribution is -2.39. The Labute approximate surface area is 105 Å². The molecule has 0 aromatic heterocycles. The summed E-state index contributed by atoms with van der Waals surface area (Å²) >= 11 is 0. The second-order valence-corrected chi connectivity index (χ2v) is 5.73. The highest BCUT2D eigenvalue weighted by Crippen LogP contribution is 2.50. The predicted octanol–water partition coefficient (Wildman–Crippen LogP) is 3.63. The fraction of sp³-hybridized carbons (Fsp3) is 0.625. The molecule has 92 valence electrons. The number of hydrogen-bond donors (Lipinski definition) is 1. The number of rotatable bonds is 4. The van der Waals surface area contributed by atoms with E-state index in [2.05, 4.69) is 36.5 Å². The maximum atomic E-state index is 3.82. The van der Waals surface area contributed by atoms with E-state index in [0.29, 0.717) is 5.54 Å². The Morgan fingerprint density at radius 1 is 1.35 bits per heavy atom. The first-order valence-electron chi connectivity index (χ1n) is 7.19. The molecule has 1 aromatic rings. The third-order valence-electron chi connectivity index (χ3n) is 4.44. The van der Waals surface area contributed by atoms with Crippen LogP contribution in [0.5, 0.6) is 0 Å². The highest BCUT2D eigenvalue weighted by atomic mass is 15.0. The van der Waals surface area contributed by atoms with Gasteiger partial charge in [0.1, 0.15) is 0 Å². The van der Waals surface area contributed by atoms with E-state index >= 15 is 0 Å². The van der Waals surface area contributed by atoms with E-state index < -0.39 is 0 Å². The van der Waals surface area contributed by atoms with Gasteiger partial charge in [0.05, 0.1) is 0 Å². The standard InChI is InChI=1S/C16H23N/c1-2-5-13-6-3-7-15(12-13)16(14-8-9-14)10-4-11-17-16/h3,6-7,12,14,17H,2,4-5,8-11H2,1H3. The van der Waals surface area contributed by atoms with Gasteiger partial charge in [0.15, 0.2) is 0 Å². The van der Waals surface area contributed by atoms with Crippen molar-refractivity contribution in [3.63, 3.8) is 0 Å². The van der Waals surface area contributed by atoms with Gasteiger partial charge in [0.2, 0.25) is 0 Å². The highest BCUT2D eigenvalue weighted by Gasteiger charge is 2.47. The average molecular weight is 229 g/mol. The summed E-state index contributed by atoms with van der Waals surface area (Å²) < 4.78 is 0. The van der Waals surface area contributed by atoms with E-state index in [1.54, 1.807) is 5.56 Å². The molecule has 1 aliphatic carbocycles. The molecule has 2 aliphatic rings. The molecule has 0 radical (unpaired) electrons. The Kier molecular flexibility index (Phi) is 2.96. The van der Waals surface area contributed by atoms with E-state index in [9.17, 15) is 0 Å². The molecule has 1 aromatic carbocycles. The van der Waals surface area contributed by atoms with E-state index in [1.807, 2.05) is 0 Å². The van der Waals surface area contributed by atoms with Crippen LogP contribution in [0.4, 0.5) is 0 Å². The van der Waals surface area contributed by atoms with Crippen molar-refractivity contribution in [1.29, 1.82) is 0 Å². The summed E-state index contributed by atoms with van der Waals surface area (Å²) in [5.41, 5.74) is 3.41. The Hall–Kier alpha value is -0.820. The fourth-order valence-electron chi connectivity index (χ4n) is 3.47. The van der Waals surface area contributed by atoms with Crippen LogP contribution in [0.3, 0.4) is 0 Å². The van der Waals surface area contributed by atoms with E-state index in [1.165, 1.54) is 50.6 Å². The summed E-state index contributed by atoms with van der Waals surface area (Å²) in [5, 5.41) is 3.82. The first-order valence-corrected chi connectivity index (χ1v) is 7.19. The topological polar surface area (TPSA) is 12.0 Å². The summed E-state index contributed by atoms with van der Waals surface area (Å²) in [6.07, 6.45) is 7.99. The third-order valence-corrected chi connectivity index (χ3v) is 4.44. The van der Waals surface area contributed by atoms with Crippen molar-refractivity contribution >= 4 is 0 Å². The zero-order chi connectivity index (χ0) is 11.7. The molecule has 1 nitrogen and oxygen atoms in total. The van der Waals surface area contributed by atoms with Crippen molar-refractivity contribution in [3.8, 4) is 0 Å².